The summed E-state index contributed by atoms with van der Waals surface area (Å²) in [4.78, 5) is 14.6. The minimum absolute atomic E-state index is 0.232. The third-order valence-electron chi connectivity index (χ3n) is 5.02. The molecule has 3 aromatic rings. The van der Waals surface area contributed by atoms with E-state index in [0.29, 0.717) is 34.3 Å². The van der Waals surface area contributed by atoms with Crippen molar-refractivity contribution in [3.8, 4) is 5.75 Å². The number of rotatable bonds is 3. The number of nitrogens with zero attached hydrogens (tertiary/aromatic N) is 1. The highest BCUT2D eigenvalue weighted by molar-refractivity contribution is 6.31. The first-order chi connectivity index (χ1) is 13.3. The standard InChI is InChI=1S/C21H19Cl2NO4/c1-21(26)7-8-24(12-19(21)27-16-4-2-3-14(22)11-16)20(25)18-10-13-9-15(23)5-6-17(13)28-18/h2-6,9-11,19,26H,7-8,12H2,1H3/t19-,21-/m0/s1. The van der Waals surface area contributed by atoms with E-state index in [2.05, 4.69) is 0 Å². The molecular weight excluding hydrogens is 401 g/mol. The van der Waals surface area contributed by atoms with Gasteiger partial charge in [0, 0.05) is 22.0 Å². The fourth-order valence-corrected chi connectivity index (χ4v) is 3.70. The van der Waals surface area contributed by atoms with Gasteiger partial charge in [0.25, 0.3) is 5.91 Å². The van der Waals surface area contributed by atoms with Gasteiger partial charge in [0.15, 0.2) is 5.76 Å². The number of likely N-dealkylation sites (tertiary alicyclic amines) is 1. The van der Waals surface area contributed by atoms with Crippen molar-refractivity contribution in [2.24, 2.45) is 0 Å². The number of carbonyl (C=O) groups excluding carboxylic acids is 1. The number of fused-ring (bicyclic) bond motifs is 1. The fraction of sp³-hybridized carbons (Fsp3) is 0.286. The maximum atomic E-state index is 13.0. The lowest BCUT2D eigenvalue weighted by Gasteiger charge is -2.42. The van der Waals surface area contributed by atoms with Crippen molar-refractivity contribution in [3.63, 3.8) is 0 Å². The number of hydrogen-bond donors (Lipinski definition) is 1. The van der Waals surface area contributed by atoms with Gasteiger partial charge in [-0.25, -0.2) is 0 Å². The molecule has 1 aliphatic rings. The predicted octanol–water partition coefficient (Wildman–Crippen LogP) is 4.78. The Kier molecular flexibility index (Phi) is 5.00. The molecule has 1 aliphatic heterocycles. The Morgan fingerprint density at radius 2 is 2.00 bits per heavy atom. The van der Waals surface area contributed by atoms with Crippen LogP contribution in [0.25, 0.3) is 11.0 Å². The van der Waals surface area contributed by atoms with Gasteiger partial charge < -0.3 is 19.2 Å². The number of amides is 1. The molecule has 1 aromatic heterocycles. The van der Waals surface area contributed by atoms with Crippen LogP contribution in [0.5, 0.6) is 5.75 Å². The van der Waals surface area contributed by atoms with E-state index in [4.69, 9.17) is 32.4 Å². The third-order valence-corrected chi connectivity index (χ3v) is 5.49. The highest BCUT2D eigenvalue weighted by Crippen LogP contribution is 2.30. The second-order valence-electron chi connectivity index (χ2n) is 7.22. The topological polar surface area (TPSA) is 62.9 Å². The fourth-order valence-electron chi connectivity index (χ4n) is 3.34. The van der Waals surface area contributed by atoms with Gasteiger partial charge in [0.1, 0.15) is 23.0 Å². The summed E-state index contributed by atoms with van der Waals surface area (Å²) in [7, 11) is 0. The van der Waals surface area contributed by atoms with Gasteiger partial charge in [-0.2, -0.15) is 0 Å². The van der Waals surface area contributed by atoms with Gasteiger partial charge in [-0.15, -0.1) is 0 Å². The molecule has 2 aromatic carbocycles. The Balaban J connectivity index is 1.55. The SMILES string of the molecule is C[C@]1(O)CCN(C(=O)c2cc3cc(Cl)ccc3o2)C[C@@H]1Oc1cccc(Cl)c1. The predicted molar refractivity (Wildman–Crippen MR) is 108 cm³/mol. The smallest absolute Gasteiger partial charge is 0.289 e. The molecule has 28 heavy (non-hydrogen) atoms. The van der Waals surface area contributed by atoms with Crippen LogP contribution >= 0.6 is 23.2 Å². The zero-order chi connectivity index (χ0) is 19.9. The molecule has 2 atom stereocenters. The normalized spacial score (nSPS) is 22.4. The van der Waals surface area contributed by atoms with E-state index in [9.17, 15) is 9.90 Å². The Morgan fingerprint density at radius 3 is 2.79 bits per heavy atom. The average Bonchev–Trinajstić information content (AvgIpc) is 3.06. The molecule has 4 rings (SSSR count). The van der Waals surface area contributed by atoms with E-state index < -0.39 is 11.7 Å². The molecule has 2 heterocycles. The van der Waals surface area contributed by atoms with Gasteiger partial charge in [-0.1, -0.05) is 29.3 Å². The summed E-state index contributed by atoms with van der Waals surface area (Å²) in [6.07, 6.45) is -0.210. The zero-order valence-corrected chi connectivity index (χ0v) is 16.7. The van der Waals surface area contributed by atoms with Gasteiger partial charge in [-0.05, 0) is 55.8 Å². The zero-order valence-electron chi connectivity index (χ0n) is 15.2. The second-order valence-corrected chi connectivity index (χ2v) is 8.09. The van der Waals surface area contributed by atoms with Crippen molar-refractivity contribution in [2.75, 3.05) is 13.1 Å². The number of furan rings is 1. The third kappa shape index (κ3) is 3.83. The van der Waals surface area contributed by atoms with Crippen LogP contribution < -0.4 is 4.74 Å². The molecule has 1 amide bonds. The van der Waals surface area contributed by atoms with E-state index in [0.717, 1.165) is 5.39 Å². The maximum absolute atomic E-state index is 13.0. The summed E-state index contributed by atoms with van der Waals surface area (Å²) in [5.74, 6) is 0.535. The van der Waals surface area contributed by atoms with Crippen LogP contribution in [0, 0.1) is 0 Å². The van der Waals surface area contributed by atoms with Crippen molar-refractivity contribution < 1.29 is 19.1 Å². The van der Waals surface area contributed by atoms with Crippen LogP contribution in [-0.2, 0) is 0 Å². The summed E-state index contributed by atoms with van der Waals surface area (Å²) < 4.78 is 11.7. The summed E-state index contributed by atoms with van der Waals surface area (Å²) >= 11 is 12.0. The molecule has 0 bridgehead atoms. The molecule has 5 nitrogen and oxygen atoms in total. The van der Waals surface area contributed by atoms with Crippen molar-refractivity contribution in [1.82, 2.24) is 4.90 Å². The summed E-state index contributed by atoms with van der Waals surface area (Å²) in [5, 5.41) is 12.6. The lowest BCUT2D eigenvalue weighted by Crippen LogP contribution is -2.57. The van der Waals surface area contributed by atoms with E-state index in [1.165, 1.54) is 0 Å². The monoisotopic (exact) mass is 419 g/mol. The second kappa shape index (κ2) is 7.32. The quantitative estimate of drug-likeness (QED) is 0.662. The number of carbonyl (C=O) groups is 1. The molecule has 0 spiro atoms. The van der Waals surface area contributed by atoms with Crippen molar-refractivity contribution in [2.45, 2.75) is 25.0 Å². The first kappa shape index (κ1) is 19.1. The van der Waals surface area contributed by atoms with E-state index >= 15 is 0 Å². The first-order valence-corrected chi connectivity index (χ1v) is 9.70. The Hall–Kier alpha value is -2.21. The molecule has 7 heteroatoms. The molecule has 1 saturated heterocycles. The van der Waals surface area contributed by atoms with Crippen LogP contribution in [0.1, 0.15) is 23.9 Å². The van der Waals surface area contributed by atoms with Crippen molar-refractivity contribution in [3.05, 3.63) is 64.3 Å². The molecule has 146 valence electrons. The van der Waals surface area contributed by atoms with Crippen LogP contribution in [-0.4, -0.2) is 40.7 Å². The van der Waals surface area contributed by atoms with Crippen LogP contribution in [0.2, 0.25) is 10.0 Å². The number of benzene rings is 2. The Bertz CT molecular complexity index is 1030. The molecule has 1 N–H and O–H groups in total. The number of ether oxygens (including phenoxy) is 1. The van der Waals surface area contributed by atoms with Crippen molar-refractivity contribution in [1.29, 1.82) is 0 Å². The summed E-state index contributed by atoms with van der Waals surface area (Å²) in [5.41, 5.74) is -0.469. The lowest BCUT2D eigenvalue weighted by atomic mass is 9.90. The number of aliphatic hydroxyl groups is 1. The number of piperidine rings is 1. The highest BCUT2D eigenvalue weighted by atomic mass is 35.5. The van der Waals surface area contributed by atoms with E-state index in [1.807, 2.05) is 0 Å². The van der Waals surface area contributed by atoms with Crippen LogP contribution in [0.4, 0.5) is 0 Å². The molecule has 0 aliphatic carbocycles. The van der Waals surface area contributed by atoms with Gasteiger partial charge in [0.05, 0.1) is 6.54 Å². The molecule has 0 unspecified atom stereocenters. The van der Waals surface area contributed by atoms with Gasteiger partial charge >= 0.3 is 0 Å². The molecular formula is C21H19Cl2NO4. The minimum atomic E-state index is -1.07. The molecule has 1 fully saturated rings. The minimum Gasteiger partial charge on any atom is -0.486 e. The maximum Gasteiger partial charge on any atom is 0.289 e. The lowest BCUT2D eigenvalue weighted by molar-refractivity contribution is -0.0884. The average molecular weight is 420 g/mol. The first-order valence-electron chi connectivity index (χ1n) is 8.95. The molecule has 0 saturated carbocycles. The van der Waals surface area contributed by atoms with E-state index in [-0.39, 0.29) is 18.2 Å². The highest BCUT2D eigenvalue weighted by Gasteiger charge is 2.41. The van der Waals surface area contributed by atoms with Crippen molar-refractivity contribution >= 4 is 40.1 Å². The van der Waals surface area contributed by atoms with E-state index in [1.54, 1.807) is 60.4 Å². The summed E-state index contributed by atoms with van der Waals surface area (Å²) in [6, 6.07) is 13.9. The number of hydrogen-bond acceptors (Lipinski definition) is 4. The summed E-state index contributed by atoms with van der Waals surface area (Å²) in [6.45, 7) is 2.35. The van der Waals surface area contributed by atoms with Crippen LogP contribution in [0.15, 0.2) is 52.9 Å². The van der Waals surface area contributed by atoms with Gasteiger partial charge in [-0.3, -0.25) is 4.79 Å². The Labute approximate surface area is 172 Å². The molecule has 0 radical (unpaired) electrons. The largest absolute Gasteiger partial charge is 0.486 e. The Morgan fingerprint density at radius 1 is 1.21 bits per heavy atom. The number of halogens is 2. The van der Waals surface area contributed by atoms with Gasteiger partial charge in [0.2, 0.25) is 0 Å². The van der Waals surface area contributed by atoms with Crippen LogP contribution in [0.3, 0.4) is 0 Å².